The minimum atomic E-state index is -0.489. The van der Waals surface area contributed by atoms with Crippen molar-refractivity contribution in [1.82, 2.24) is 4.90 Å². The third-order valence-corrected chi connectivity index (χ3v) is 3.45. The molecule has 0 rings (SSSR count). The third-order valence-electron chi connectivity index (χ3n) is 2.73. The van der Waals surface area contributed by atoms with Gasteiger partial charge in [-0.15, -0.1) is 0 Å². The summed E-state index contributed by atoms with van der Waals surface area (Å²) < 4.78 is 5.19. The Morgan fingerprint density at radius 3 is 2.26 bits per heavy atom. The molecule has 0 fully saturated rings. The largest absolute Gasteiger partial charge is 0.460 e. The fourth-order valence-electron chi connectivity index (χ4n) is 1.68. The standard InChI is InChI=1S/C14H27NO3S/c1-7-11(10-19-6)15(5)12(16)8-9-13(17)18-14(2,3)4/h11H,7-10H2,1-6H3. The number of nitrogens with zero attached hydrogens (tertiary/aromatic N) is 1. The quantitative estimate of drug-likeness (QED) is 0.676. The van der Waals surface area contributed by atoms with Crippen molar-refractivity contribution < 1.29 is 14.3 Å². The summed E-state index contributed by atoms with van der Waals surface area (Å²) in [6.45, 7) is 7.54. The molecule has 0 saturated heterocycles. The van der Waals surface area contributed by atoms with E-state index in [1.165, 1.54) is 0 Å². The van der Waals surface area contributed by atoms with Crippen molar-refractivity contribution in [2.45, 2.75) is 58.6 Å². The van der Waals surface area contributed by atoms with E-state index >= 15 is 0 Å². The smallest absolute Gasteiger partial charge is 0.306 e. The number of rotatable bonds is 7. The van der Waals surface area contributed by atoms with Crippen molar-refractivity contribution in [3.05, 3.63) is 0 Å². The van der Waals surface area contributed by atoms with E-state index in [4.69, 9.17) is 4.74 Å². The molecule has 0 radical (unpaired) electrons. The maximum atomic E-state index is 12.0. The first-order valence-corrected chi connectivity index (χ1v) is 8.07. The topological polar surface area (TPSA) is 46.6 Å². The van der Waals surface area contributed by atoms with E-state index in [1.54, 1.807) is 16.7 Å². The highest BCUT2D eigenvalue weighted by molar-refractivity contribution is 7.98. The van der Waals surface area contributed by atoms with Gasteiger partial charge < -0.3 is 9.64 Å². The molecule has 0 aromatic rings. The van der Waals surface area contributed by atoms with E-state index in [-0.39, 0.29) is 30.8 Å². The zero-order valence-electron chi connectivity index (χ0n) is 13.0. The number of esters is 1. The number of ether oxygens (including phenoxy) is 1. The van der Waals surface area contributed by atoms with Crippen LogP contribution in [0.1, 0.15) is 47.0 Å². The predicted molar refractivity (Wildman–Crippen MR) is 80.3 cm³/mol. The van der Waals surface area contributed by atoms with E-state index in [1.807, 2.05) is 34.1 Å². The predicted octanol–water partition coefficient (Wildman–Crippen LogP) is 2.71. The SMILES string of the molecule is CCC(CSC)N(C)C(=O)CCC(=O)OC(C)(C)C. The Bertz CT molecular complexity index is 300. The molecule has 19 heavy (non-hydrogen) atoms. The fraction of sp³-hybridized carbons (Fsp3) is 0.857. The Labute approximate surface area is 121 Å². The highest BCUT2D eigenvalue weighted by Gasteiger charge is 2.21. The van der Waals surface area contributed by atoms with E-state index in [2.05, 4.69) is 6.92 Å². The lowest BCUT2D eigenvalue weighted by atomic mass is 10.2. The van der Waals surface area contributed by atoms with Gasteiger partial charge in [0, 0.05) is 25.3 Å². The summed E-state index contributed by atoms with van der Waals surface area (Å²) in [4.78, 5) is 25.3. The molecule has 0 aromatic carbocycles. The van der Waals surface area contributed by atoms with Crippen LogP contribution < -0.4 is 0 Å². The molecule has 0 heterocycles. The van der Waals surface area contributed by atoms with Gasteiger partial charge in [-0.05, 0) is 33.4 Å². The minimum Gasteiger partial charge on any atom is -0.460 e. The van der Waals surface area contributed by atoms with Crippen LogP contribution >= 0.6 is 11.8 Å². The Morgan fingerprint density at radius 1 is 1.26 bits per heavy atom. The number of carbonyl (C=O) groups is 2. The average Bonchev–Trinajstić information content (AvgIpc) is 2.30. The third kappa shape index (κ3) is 8.14. The van der Waals surface area contributed by atoms with Gasteiger partial charge in [-0.1, -0.05) is 6.92 Å². The molecular formula is C14H27NO3S. The van der Waals surface area contributed by atoms with Gasteiger partial charge in [-0.2, -0.15) is 11.8 Å². The first kappa shape index (κ1) is 18.3. The van der Waals surface area contributed by atoms with Crippen molar-refractivity contribution in [3.8, 4) is 0 Å². The lowest BCUT2D eigenvalue weighted by Gasteiger charge is -2.27. The number of hydrogen-bond donors (Lipinski definition) is 0. The van der Waals surface area contributed by atoms with Crippen LogP contribution in [-0.4, -0.2) is 47.5 Å². The Kier molecular flexibility index (Phi) is 8.14. The van der Waals surface area contributed by atoms with Crippen LogP contribution in [-0.2, 0) is 14.3 Å². The summed E-state index contributed by atoms with van der Waals surface area (Å²) in [5.41, 5.74) is -0.489. The second-order valence-electron chi connectivity index (χ2n) is 5.61. The molecule has 1 amide bonds. The van der Waals surface area contributed by atoms with E-state index in [9.17, 15) is 9.59 Å². The van der Waals surface area contributed by atoms with Crippen LogP contribution in [0.25, 0.3) is 0 Å². The monoisotopic (exact) mass is 289 g/mol. The summed E-state index contributed by atoms with van der Waals surface area (Å²) in [7, 11) is 1.81. The van der Waals surface area contributed by atoms with Crippen LogP contribution in [0.5, 0.6) is 0 Å². The number of carbonyl (C=O) groups excluding carboxylic acids is 2. The van der Waals surface area contributed by atoms with Gasteiger partial charge >= 0.3 is 5.97 Å². The number of thioether (sulfide) groups is 1. The van der Waals surface area contributed by atoms with Crippen LogP contribution in [0, 0.1) is 0 Å². The molecule has 0 aliphatic rings. The van der Waals surface area contributed by atoms with Gasteiger partial charge in [0.15, 0.2) is 0 Å². The second kappa shape index (κ2) is 8.46. The zero-order valence-corrected chi connectivity index (χ0v) is 13.8. The average molecular weight is 289 g/mol. The zero-order chi connectivity index (χ0) is 15.1. The van der Waals surface area contributed by atoms with Gasteiger partial charge in [0.25, 0.3) is 0 Å². The molecule has 4 nitrogen and oxygen atoms in total. The molecule has 0 bridgehead atoms. The van der Waals surface area contributed by atoms with Crippen molar-refractivity contribution in [3.63, 3.8) is 0 Å². The highest BCUT2D eigenvalue weighted by atomic mass is 32.2. The Morgan fingerprint density at radius 2 is 1.84 bits per heavy atom. The maximum Gasteiger partial charge on any atom is 0.306 e. The summed E-state index contributed by atoms with van der Waals surface area (Å²) in [6, 6.07) is 0.237. The summed E-state index contributed by atoms with van der Waals surface area (Å²) in [5.74, 6) is 0.615. The van der Waals surface area contributed by atoms with Gasteiger partial charge in [-0.25, -0.2) is 0 Å². The molecule has 5 heteroatoms. The van der Waals surface area contributed by atoms with Crippen LogP contribution in [0.3, 0.4) is 0 Å². The highest BCUT2D eigenvalue weighted by Crippen LogP contribution is 2.12. The molecule has 0 aromatic heterocycles. The van der Waals surface area contributed by atoms with Gasteiger partial charge in [0.1, 0.15) is 5.60 Å². The van der Waals surface area contributed by atoms with E-state index in [0.29, 0.717) is 0 Å². The first-order valence-electron chi connectivity index (χ1n) is 6.67. The number of amides is 1. The molecular weight excluding hydrogens is 262 g/mol. The summed E-state index contributed by atoms with van der Waals surface area (Å²) in [6.07, 6.45) is 3.32. The lowest BCUT2D eigenvalue weighted by molar-refractivity contribution is -0.156. The molecule has 1 unspecified atom stereocenters. The molecule has 112 valence electrons. The lowest BCUT2D eigenvalue weighted by Crippen LogP contribution is -2.38. The summed E-state index contributed by atoms with van der Waals surface area (Å²) >= 11 is 1.73. The van der Waals surface area contributed by atoms with Crippen LogP contribution in [0.4, 0.5) is 0 Å². The molecule has 0 aliphatic heterocycles. The molecule has 0 saturated carbocycles. The molecule has 0 spiro atoms. The fourth-order valence-corrected chi connectivity index (χ4v) is 2.52. The molecule has 0 aliphatic carbocycles. The van der Waals surface area contributed by atoms with Gasteiger partial charge in [-0.3, -0.25) is 9.59 Å². The van der Waals surface area contributed by atoms with Crippen molar-refractivity contribution in [1.29, 1.82) is 0 Å². The van der Waals surface area contributed by atoms with Crippen molar-refractivity contribution in [2.24, 2.45) is 0 Å². The van der Waals surface area contributed by atoms with E-state index < -0.39 is 5.60 Å². The van der Waals surface area contributed by atoms with Crippen molar-refractivity contribution >= 4 is 23.6 Å². The Balaban J connectivity index is 4.19. The van der Waals surface area contributed by atoms with Gasteiger partial charge in [0.05, 0.1) is 6.42 Å². The second-order valence-corrected chi connectivity index (χ2v) is 6.52. The Hall–Kier alpha value is -0.710. The maximum absolute atomic E-state index is 12.0. The first-order chi connectivity index (χ1) is 8.71. The summed E-state index contributed by atoms with van der Waals surface area (Å²) in [5, 5.41) is 0. The normalized spacial score (nSPS) is 12.9. The molecule has 0 N–H and O–H groups in total. The van der Waals surface area contributed by atoms with E-state index in [0.717, 1.165) is 12.2 Å². The van der Waals surface area contributed by atoms with Gasteiger partial charge in [0.2, 0.25) is 5.91 Å². The van der Waals surface area contributed by atoms with Crippen LogP contribution in [0.15, 0.2) is 0 Å². The van der Waals surface area contributed by atoms with Crippen molar-refractivity contribution in [2.75, 3.05) is 19.1 Å². The molecule has 1 atom stereocenters. The number of hydrogen-bond acceptors (Lipinski definition) is 4. The minimum absolute atomic E-state index is 0.00626. The van der Waals surface area contributed by atoms with Crippen LogP contribution in [0.2, 0.25) is 0 Å².